The molecule has 4 rings (SSSR count). The van der Waals surface area contributed by atoms with Crippen LogP contribution in [0.4, 0.5) is 0 Å². The lowest BCUT2D eigenvalue weighted by Crippen LogP contribution is -2.60. The predicted octanol–water partition coefficient (Wildman–Crippen LogP) is 1.40. The van der Waals surface area contributed by atoms with E-state index in [2.05, 4.69) is 18.1 Å². The number of aliphatic hydroxyl groups is 1. The van der Waals surface area contributed by atoms with Crippen LogP contribution in [0.25, 0.3) is 0 Å². The zero-order valence-electron chi connectivity index (χ0n) is 25.6. The Bertz CT molecular complexity index is 1020. The normalized spacial score (nSPS) is 34.3. The Morgan fingerprint density at radius 3 is 2.44 bits per heavy atom. The van der Waals surface area contributed by atoms with Gasteiger partial charge < -0.3 is 29.3 Å². The zero-order chi connectivity index (χ0) is 30.1. The molecule has 0 saturated carbocycles. The van der Waals surface area contributed by atoms with E-state index in [0.29, 0.717) is 45.8 Å². The van der Waals surface area contributed by atoms with Gasteiger partial charge in [-0.25, -0.2) is 0 Å². The van der Waals surface area contributed by atoms with Crippen molar-refractivity contribution in [2.45, 2.75) is 63.8 Å². The fourth-order valence-electron chi connectivity index (χ4n) is 7.73. The van der Waals surface area contributed by atoms with Gasteiger partial charge in [0.05, 0.1) is 43.3 Å². The van der Waals surface area contributed by atoms with Crippen molar-refractivity contribution in [3.8, 4) is 0 Å². The van der Waals surface area contributed by atoms with Crippen LogP contribution in [0.15, 0.2) is 25.3 Å². The Kier molecular flexibility index (Phi) is 9.68. The number of rotatable bonds is 13. The van der Waals surface area contributed by atoms with Crippen LogP contribution in [-0.4, -0.2) is 132 Å². The highest BCUT2D eigenvalue weighted by Crippen LogP contribution is 2.66. The van der Waals surface area contributed by atoms with E-state index in [1.165, 1.54) is 0 Å². The van der Waals surface area contributed by atoms with Gasteiger partial charge in [-0.1, -0.05) is 39.3 Å². The number of hydrogen-bond acceptors (Lipinski definition) is 7. The number of likely N-dealkylation sites (tertiary alicyclic amines) is 1. The topological polar surface area (TPSA) is 103 Å². The highest BCUT2D eigenvalue weighted by Gasteiger charge is 2.80. The highest BCUT2D eigenvalue weighted by molar-refractivity contribution is 5.99. The molecule has 1 N–H and O–H groups in total. The van der Waals surface area contributed by atoms with Crippen molar-refractivity contribution < 1.29 is 29.0 Å². The number of nitrogens with zero attached hydrogens (tertiary/aromatic N) is 4. The first kappa shape index (κ1) is 31.7. The van der Waals surface area contributed by atoms with E-state index >= 15 is 0 Å². The van der Waals surface area contributed by atoms with E-state index < -0.39 is 35.1 Å². The van der Waals surface area contributed by atoms with Crippen LogP contribution >= 0.6 is 0 Å². The van der Waals surface area contributed by atoms with E-state index in [9.17, 15) is 19.5 Å². The average molecular weight is 575 g/mol. The monoisotopic (exact) mass is 574 g/mol. The number of amides is 3. The van der Waals surface area contributed by atoms with Crippen LogP contribution in [0.1, 0.15) is 40.5 Å². The quantitative estimate of drug-likeness (QED) is 0.332. The second-order valence-corrected chi connectivity index (χ2v) is 12.6. The van der Waals surface area contributed by atoms with Gasteiger partial charge in [0.1, 0.15) is 11.6 Å². The van der Waals surface area contributed by atoms with E-state index in [0.717, 1.165) is 19.5 Å². The standard InChI is InChI=1S/C31H50N4O6/c1-8-11-32(7)27(37)24-25-28(38)35(23(20-36)21(4)10-3)26(31(25)19-22(5)30(24,6)41-31)29(39)34(12-9-2)14-13-33-15-17-40-18-16-33/h8-9,21-26,36H,1-2,10-20H2,3-7H3/t21-,22?,23-,24+,25-,26?,30-,31?/m0/s1. The molecule has 4 aliphatic rings. The molecule has 3 amide bonds. The number of fused-ring (bicyclic) bond motifs is 1. The molecule has 230 valence electrons. The minimum absolute atomic E-state index is 0.0507. The number of likely N-dealkylation sites (N-methyl/N-ethyl adjacent to an activating group) is 1. The third-order valence-corrected chi connectivity index (χ3v) is 10.3. The molecule has 4 fully saturated rings. The Hall–Kier alpha value is -2.27. The summed E-state index contributed by atoms with van der Waals surface area (Å²) in [6.45, 7) is 20.1. The second kappa shape index (κ2) is 12.5. The van der Waals surface area contributed by atoms with Crippen molar-refractivity contribution >= 4 is 17.7 Å². The van der Waals surface area contributed by atoms with Crippen molar-refractivity contribution in [3.63, 3.8) is 0 Å². The minimum Gasteiger partial charge on any atom is -0.394 e. The molecule has 0 aromatic rings. The molecular weight excluding hydrogens is 524 g/mol. The van der Waals surface area contributed by atoms with Gasteiger partial charge in [0, 0.05) is 46.3 Å². The highest BCUT2D eigenvalue weighted by atomic mass is 16.5. The summed E-state index contributed by atoms with van der Waals surface area (Å²) in [5.74, 6) is -2.30. The summed E-state index contributed by atoms with van der Waals surface area (Å²) in [4.78, 5) is 50.5. The van der Waals surface area contributed by atoms with E-state index in [4.69, 9.17) is 9.47 Å². The van der Waals surface area contributed by atoms with Crippen LogP contribution in [0, 0.1) is 23.7 Å². The summed E-state index contributed by atoms with van der Waals surface area (Å²) in [5.41, 5.74) is -2.05. The number of aliphatic hydroxyl groups excluding tert-OH is 1. The van der Waals surface area contributed by atoms with Crippen molar-refractivity contribution in [2.75, 3.05) is 66.1 Å². The molecule has 4 saturated heterocycles. The molecule has 4 aliphatic heterocycles. The van der Waals surface area contributed by atoms with Crippen LogP contribution in [0.5, 0.6) is 0 Å². The Labute approximate surface area is 245 Å². The largest absolute Gasteiger partial charge is 0.394 e. The number of carbonyl (C=O) groups is 3. The molecule has 41 heavy (non-hydrogen) atoms. The number of carbonyl (C=O) groups excluding carboxylic acids is 3. The average Bonchev–Trinajstić information content (AvgIpc) is 3.48. The first-order valence-corrected chi connectivity index (χ1v) is 15.2. The van der Waals surface area contributed by atoms with Gasteiger partial charge in [-0.2, -0.15) is 0 Å². The van der Waals surface area contributed by atoms with E-state index in [1.807, 2.05) is 27.7 Å². The first-order valence-electron chi connectivity index (χ1n) is 15.2. The van der Waals surface area contributed by atoms with Gasteiger partial charge in [0.15, 0.2) is 0 Å². The molecule has 0 aromatic carbocycles. The van der Waals surface area contributed by atoms with Gasteiger partial charge in [0.25, 0.3) is 0 Å². The third-order valence-electron chi connectivity index (χ3n) is 10.3. The predicted molar refractivity (Wildman–Crippen MR) is 156 cm³/mol. The lowest BCUT2D eigenvalue weighted by molar-refractivity contribution is -0.158. The zero-order valence-corrected chi connectivity index (χ0v) is 25.6. The number of ether oxygens (including phenoxy) is 2. The lowest BCUT2D eigenvalue weighted by atomic mass is 9.62. The first-order chi connectivity index (χ1) is 19.5. The Balaban J connectivity index is 1.77. The smallest absolute Gasteiger partial charge is 0.248 e. The molecule has 0 aliphatic carbocycles. The molecule has 3 unspecified atom stereocenters. The summed E-state index contributed by atoms with van der Waals surface area (Å²) in [6.07, 6.45) is 4.58. The van der Waals surface area contributed by atoms with Crippen LogP contribution in [0.2, 0.25) is 0 Å². The summed E-state index contributed by atoms with van der Waals surface area (Å²) in [5, 5.41) is 10.6. The van der Waals surface area contributed by atoms with Crippen LogP contribution in [-0.2, 0) is 23.9 Å². The number of hydrogen-bond donors (Lipinski definition) is 1. The molecule has 2 bridgehead atoms. The minimum atomic E-state index is -1.16. The molecule has 10 heteroatoms. The van der Waals surface area contributed by atoms with Crippen LogP contribution < -0.4 is 0 Å². The van der Waals surface area contributed by atoms with Crippen molar-refractivity contribution in [1.29, 1.82) is 0 Å². The maximum Gasteiger partial charge on any atom is 0.248 e. The Morgan fingerprint density at radius 1 is 1.20 bits per heavy atom. The maximum atomic E-state index is 14.7. The summed E-state index contributed by atoms with van der Waals surface area (Å²) in [6, 6.07) is -1.51. The maximum absolute atomic E-state index is 14.7. The molecule has 8 atom stereocenters. The van der Waals surface area contributed by atoms with Gasteiger partial charge in [-0.05, 0) is 25.2 Å². The van der Waals surface area contributed by atoms with Gasteiger partial charge in [-0.3, -0.25) is 19.3 Å². The van der Waals surface area contributed by atoms with Crippen molar-refractivity contribution in [3.05, 3.63) is 25.3 Å². The van der Waals surface area contributed by atoms with Crippen molar-refractivity contribution in [2.24, 2.45) is 23.7 Å². The van der Waals surface area contributed by atoms with Crippen molar-refractivity contribution in [1.82, 2.24) is 19.6 Å². The number of morpholine rings is 1. The molecule has 0 radical (unpaired) electrons. The summed E-state index contributed by atoms with van der Waals surface area (Å²) < 4.78 is 12.4. The molecule has 1 spiro atoms. The summed E-state index contributed by atoms with van der Waals surface area (Å²) in [7, 11) is 1.71. The molecule has 0 aromatic heterocycles. The van der Waals surface area contributed by atoms with Gasteiger partial charge in [0.2, 0.25) is 17.7 Å². The van der Waals surface area contributed by atoms with Gasteiger partial charge >= 0.3 is 0 Å². The van der Waals surface area contributed by atoms with Gasteiger partial charge in [-0.15, -0.1) is 13.2 Å². The Morgan fingerprint density at radius 2 is 1.85 bits per heavy atom. The fourth-order valence-corrected chi connectivity index (χ4v) is 7.73. The molecule has 10 nitrogen and oxygen atoms in total. The third kappa shape index (κ3) is 5.26. The summed E-state index contributed by atoms with van der Waals surface area (Å²) >= 11 is 0. The van der Waals surface area contributed by atoms with E-state index in [1.54, 1.807) is 33.9 Å². The lowest BCUT2D eigenvalue weighted by Gasteiger charge is -2.41. The molecule has 4 heterocycles. The molecular formula is C31H50N4O6. The van der Waals surface area contributed by atoms with E-state index in [-0.39, 0.29) is 36.2 Å². The second-order valence-electron chi connectivity index (χ2n) is 12.6. The van der Waals surface area contributed by atoms with Crippen LogP contribution in [0.3, 0.4) is 0 Å². The SMILES string of the molecule is C=CCN(C)C(=O)[C@H]1[C@H]2C(=O)N([C@@H](CO)[C@@H](C)CC)C(C(=O)N(CC=C)CCN3CCOCC3)C23CC(C)[C@]1(C)O3. The fraction of sp³-hybridized carbons (Fsp3) is 0.774.